The number of ether oxygens (including phenoxy) is 1. The summed E-state index contributed by atoms with van der Waals surface area (Å²) in [6.45, 7) is 1.18. The van der Waals surface area contributed by atoms with Gasteiger partial charge in [0, 0.05) is 31.5 Å². The summed E-state index contributed by atoms with van der Waals surface area (Å²) in [6, 6.07) is 2.70. The van der Waals surface area contributed by atoms with Crippen LogP contribution in [0.15, 0.2) is 18.2 Å². The molecular formula is C14H17F3N2O4. The van der Waals surface area contributed by atoms with Crippen LogP contribution in [0.25, 0.3) is 0 Å². The van der Waals surface area contributed by atoms with E-state index in [1.807, 2.05) is 0 Å². The highest BCUT2D eigenvalue weighted by atomic mass is 19.4. The van der Waals surface area contributed by atoms with Gasteiger partial charge in [0.2, 0.25) is 0 Å². The minimum absolute atomic E-state index is 0.0244. The van der Waals surface area contributed by atoms with Crippen molar-refractivity contribution < 1.29 is 27.9 Å². The van der Waals surface area contributed by atoms with Crippen LogP contribution in [0.5, 0.6) is 0 Å². The lowest BCUT2D eigenvalue weighted by molar-refractivity contribution is -0.388. The third kappa shape index (κ3) is 4.55. The van der Waals surface area contributed by atoms with Gasteiger partial charge in [0.05, 0.1) is 11.0 Å². The number of nitro groups is 1. The minimum Gasteiger partial charge on any atom is -0.391 e. The van der Waals surface area contributed by atoms with E-state index in [1.54, 1.807) is 0 Å². The van der Waals surface area contributed by atoms with Crippen molar-refractivity contribution in [3.8, 4) is 0 Å². The quantitative estimate of drug-likeness (QED) is 0.639. The lowest BCUT2D eigenvalue weighted by Crippen LogP contribution is -2.32. The molecule has 1 fully saturated rings. The van der Waals surface area contributed by atoms with E-state index in [1.165, 1.54) is 6.07 Å². The number of hydrogen-bond acceptors (Lipinski definition) is 5. The maximum absolute atomic E-state index is 12.9. The molecule has 9 heteroatoms. The Morgan fingerprint density at radius 3 is 2.61 bits per heavy atom. The van der Waals surface area contributed by atoms with Crippen molar-refractivity contribution in [2.24, 2.45) is 5.92 Å². The molecule has 2 rings (SSSR count). The molecule has 0 aliphatic carbocycles. The van der Waals surface area contributed by atoms with Gasteiger partial charge in [-0.1, -0.05) is 0 Å². The lowest BCUT2D eigenvalue weighted by atomic mass is 9.94. The Morgan fingerprint density at radius 2 is 2.04 bits per heavy atom. The fourth-order valence-electron chi connectivity index (χ4n) is 2.52. The first-order valence-corrected chi connectivity index (χ1v) is 7.14. The largest absolute Gasteiger partial charge is 0.423 e. The number of aliphatic hydroxyl groups is 1. The van der Waals surface area contributed by atoms with Crippen LogP contribution < -0.4 is 5.32 Å². The SMILES string of the molecule is O=[N+]([O-])c1ccc(NCC(O)C2CCOCC2)cc1C(F)(F)F. The monoisotopic (exact) mass is 334 g/mol. The van der Waals surface area contributed by atoms with Gasteiger partial charge >= 0.3 is 6.18 Å². The first-order valence-electron chi connectivity index (χ1n) is 7.14. The van der Waals surface area contributed by atoms with Crippen molar-refractivity contribution in [1.29, 1.82) is 0 Å². The number of halogens is 3. The molecule has 1 saturated heterocycles. The molecule has 1 aromatic rings. The van der Waals surface area contributed by atoms with Gasteiger partial charge in [0.25, 0.3) is 5.69 Å². The molecule has 6 nitrogen and oxygen atoms in total. The van der Waals surface area contributed by atoms with Gasteiger partial charge in [-0.15, -0.1) is 0 Å². The second kappa shape index (κ2) is 7.14. The number of anilines is 1. The molecule has 0 radical (unpaired) electrons. The number of hydrogen-bond donors (Lipinski definition) is 2. The lowest BCUT2D eigenvalue weighted by Gasteiger charge is -2.27. The number of nitro benzene ring substituents is 1. The first kappa shape index (κ1) is 17.5. The molecule has 128 valence electrons. The Morgan fingerprint density at radius 1 is 1.39 bits per heavy atom. The van der Waals surface area contributed by atoms with Crippen LogP contribution in [0.1, 0.15) is 18.4 Å². The Kier molecular flexibility index (Phi) is 5.42. The fourth-order valence-corrected chi connectivity index (χ4v) is 2.52. The van der Waals surface area contributed by atoms with E-state index in [9.17, 15) is 28.4 Å². The van der Waals surface area contributed by atoms with Gasteiger partial charge in [-0.25, -0.2) is 0 Å². The predicted molar refractivity (Wildman–Crippen MR) is 76.1 cm³/mol. The number of rotatable bonds is 5. The molecule has 0 saturated carbocycles. The number of nitrogens with zero attached hydrogens (tertiary/aromatic N) is 1. The summed E-state index contributed by atoms with van der Waals surface area (Å²) in [4.78, 5) is 9.62. The van der Waals surface area contributed by atoms with Crippen LogP contribution in [-0.2, 0) is 10.9 Å². The highest BCUT2D eigenvalue weighted by molar-refractivity contribution is 5.55. The average molecular weight is 334 g/mol. The topological polar surface area (TPSA) is 84.6 Å². The minimum atomic E-state index is -4.82. The summed E-state index contributed by atoms with van der Waals surface area (Å²) >= 11 is 0. The second-order valence-corrected chi connectivity index (χ2v) is 5.38. The van der Waals surface area contributed by atoms with Crippen molar-refractivity contribution in [1.82, 2.24) is 0 Å². The van der Waals surface area contributed by atoms with Crippen molar-refractivity contribution in [3.63, 3.8) is 0 Å². The summed E-state index contributed by atoms with van der Waals surface area (Å²) in [5, 5.41) is 23.5. The van der Waals surface area contributed by atoms with Crippen molar-refractivity contribution in [2.75, 3.05) is 25.1 Å². The zero-order chi connectivity index (χ0) is 17.0. The number of benzene rings is 1. The van der Waals surface area contributed by atoms with Gasteiger partial charge in [-0.3, -0.25) is 10.1 Å². The Hall–Kier alpha value is -1.87. The smallest absolute Gasteiger partial charge is 0.391 e. The molecule has 1 unspecified atom stereocenters. The van der Waals surface area contributed by atoms with E-state index in [-0.39, 0.29) is 18.2 Å². The number of aliphatic hydroxyl groups excluding tert-OH is 1. The van der Waals surface area contributed by atoms with Gasteiger partial charge in [-0.2, -0.15) is 13.2 Å². The van der Waals surface area contributed by atoms with Gasteiger partial charge < -0.3 is 15.2 Å². The highest BCUT2D eigenvalue weighted by Gasteiger charge is 2.38. The summed E-state index contributed by atoms with van der Waals surface area (Å²) < 4.78 is 43.8. The normalized spacial score (nSPS) is 17.7. The molecule has 1 heterocycles. The van der Waals surface area contributed by atoms with Gasteiger partial charge in [-0.05, 0) is 30.9 Å². The number of nitrogens with one attached hydrogen (secondary N) is 1. The number of alkyl halides is 3. The van der Waals surface area contributed by atoms with Gasteiger partial charge in [0.1, 0.15) is 5.56 Å². The third-order valence-electron chi connectivity index (χ3n) is 3.82. The standard InChI is InChI=1S/C14H17F3N2O4/c15-14(16,17)11-7-10(1-2-12(11)19(21)22)18-8-13(20)9-3-5-23-6-4-9/h1-2,7,9,13,18,20H,3-6,8H2. The molecule has 0 amide bonds. The Labute approximate surface area is 130 Å². The van der Waals surface area contributed by atoms with Crippen LogP contribution >= 0.6 is 0 Å². The summed E-state index contributed by atoms with van der Waals surface area (Å²) in [5.41, 5.74) is -2.23. The first-order chi connectivity index (χ1) is 10.8. The molecule has 0 aromatic heterocycles. The summed E-state index contributed by atoms with van der Waals surface area (Å²) in [6.07, 6.45) is -4.16. The van der Waals surface area contributed by atoms with E-state index in [0.29, 0.717) is 32.1 Å². The zero-order valence-electron chi connectivity index (χ0n) is 12.2. The maximum atomic E-state index is 12.9. The molecule has 0 bridgehead atoms. The molecule has 1 aliphatic heterocycles. The van der Waals surface area contributed by atoms with Crippen molar-refractivity contribution >= 4 is 11.4 Å². The van der Waals surface area contributed by atoms with Crippen LogP contribution in [0, 0.1) is 16.0 Å². The fraction of sp³-hybridized carbons (Fsp3) is 0.571. The molecule has 1 atom stereocenters. The van der Waals surface area contributed by atoms with E-state index in [2.05, 4.69) is 5.32 Å². The van der Waals surface area contributed by atoms with E-state index < -0.39 is 28.5 Å². The summed E-state index contributed by atoms with van der Waals surface area (Å²) in [5.74, 6) is 0.0244. The van der Waals surface area contributed by atoms with E-state index >= 15 is 0 Å². The predicted octanol–water partition coefficient (Wildman–Crippen LogP) is 2.81. The highest BCUT2D eigenvalue weighted by Crippen LogP contribution is 2.37. The maximum Gasteiger partial charge on any atom is 0.423 e. The molecule has 1 aliphatic rings. The van der Waals surface area contributed by atoms with E-state index in [0.717, 1.165) is 6.07 Å². The molecule has 2 N–H and O–H groups in total. The van der Waals surface area contributed by atoms with Crippen molar-refractivity contribution in [3.05, 3.63) is 33.9 Å². The molecule has 23 heavy (non-hydrogen) atoms. The zero-order valence-corrected chi connectivity index (χ0v) is 12.2. The van der Waals surface area contributed by atoms with Crippen LogP contribution in [0.4, 0.5) is 24.5 Å². The summed E-state index contributed by atoms with van der Waals surface area (Å²) in [7, 11) is 0. The Bertz CT molecular complexity index is 559. The average Bonchev–Trinajstić information content (AvgIpc) is 2.52. The van der Waals surface area contributed by atoms with Crippen molar-refractivity contribution in [2.45, 2.75) is 25.1 Å². The third-order valence-corrected chi connectivity index (χ3v) is 3.82. The van der Waals surface area contributed by atoms with Crippen LogP contribution in [0.3, 0.4) is 0 Å². The Balaban J connectivity index is 2.06. The molecule has 0 spiro atoms. The van der Waals surface area contributed by atoms with Gasteiger partial charge in [0.15, 0.2) is 0 Å². The van der Waals surface area contributed by atoms with Crippen LogP contribution in [-0.4, -0.2) is 35.9 Å². The second-order valence-electron chi connectivity index (χ2n) is 5.38. The van der Waals surface area contributed by atoms with Crippen LogP contribution in [0.2, 0.25) is 0 Å². The molecule has 1 aromatic carbocycles. The molecular weight excluding hydrogens is 317 g/mol. The van der Waals surface area contributed by atoms with E-state index in [4.69, 9.17) is 4.74 Å².